The van der Waals surface area contributed by atoms with Gasteiger partial charge in [0.05, 0.1) is 25.8 Å². The van der Waals surface area contributed by atoms with Crippen LogP contribution in [0, 0.1) is 5.92 Å². The highest BCUT2D eigenvalue weighted by Crippen LogP contribution is 2.31. The summed E-state index contributed by atoms with van der Waals surface area (Å²) < 4.78 is 10.3. The number of benzene rings is 1. The predicted octanol–water partition coefficient (Wildman–Crippen LogP) is 2.98. The van der Waals surface area contributed by atoms with E-state index in [9.17, 15) is 19.5 Å². The second-order valence-corrected chi connectivity index (χ2v) is 9.39. The van der Waals surface area contributed by atoms with Crippen molar-refractivity contribution in [2.24, 2.45) is 5.92 Å². The Kier molecular flexibility index (Phi) is 8.60. The quantitative estimate of drug-likeness (QED) is 0.513. The second-order valence-electron chi connectivity index (χ2n) is 9.39. The number of esters is 1. The maximum absolute atomic E-state index is 13.5. The van der Waals surface area contributed by atoms with Gasteiger partial charge in [0.15, 0.2) is 0 Å². The summed E-state index contributed by atoms with van der Waals surface area (Å²) in [6, 6.07) is 11.1. The first-order valence-electron chi connectivity index (χ1n) is 12.6. The van der Waals surface area contributed by atoms with Gasteiger partial charge in [0.2, 0.25) is 5.91 Å². The van der Waals surface area contributed by atoms with Crippen LogP contribution < -0.4 is 14.5 Å². The number of amides is 2. The number of hydrogen-bond donors (Lipinski definition) is 1. The van der Waals surface area contributed by atoms with Crippen LogP contribution >= 0.6 is 0 Å². The molecule has 1 fully saturated rings. The van der Waals surface area contributed by atoms with Gasteiger partial charge in [0, 0.05) is 18.8 Å². The summed E-state index contributed by atoms with van der Waals surface area (Å²) in [5.74, 6) is 0.231. The fraction of sp³-hybridized carbons (Fsp3) is 0.481. The topological polar surface area (TPSA) is 113 Å². The van der Waals surface area contributed by atoms with Crippen molar-refractivity contribution in [3.05, 3.63) is 47.7 Å². The van der Waals surface area contributed by atoms with Gasteiger partial charge in [-0.05, 0) is 69.0 Å². The van der Waals surface area contributed by atoms with Crippen molar-refractivity contribution in [2.75, 3.05) is 56.7 Å². The number of carbonyl (C=O) groups excluding carboxylic acids is 2. The number of aromatic nitrogens is 1. The van der Waals surface area contributed by atoms with E-state index in [-0.39, 0.29) is 18.4 Å². The predicted molar refractivity (Wildman–Crippen MR) is 138 cm³/mol. The van der Waals surface area contributed by atoms with Crippen LogP contribution in [0.4, 0.5) is 16.3 Å². The number of para-hydroxylation sites is 2. The molecular weight excluding hydrogens is 476 g/mol. The minimum Gasteiger partial charge on any atom is -0.495 e. The van der Waals surface area contributed by atoms with Gasteiger partial charge in [0.1, 0.15) is 18.1 Å². The van der Waals surface area contributed by atoms with Crippen LogP contribution in [0.3, 0.4) is 0 Å². The van der Waals surface area contributed by atoms with Crippen LogP contribution in [0.5, 0.6) is 5.75 Å². The molecule has 2 aliphatic rings. The normalized spacial score (nSPS) is 17.2. The first kappa shape index (κ1) is 26.4. The van der Waals surface area contributed by atoms with Gasteiger partial charge in [0.25, 0.3) is 0 Å². The molecule has 3 heterocycles. The molecule has 1 saturated heterocycles. The third kappa shape index (κ3) is 6.19. The summed E-state index contributed by atoms with van der Waals surface area (Å²) in [5.41, 5.74) is 2.40. The monoisotopic (exact) mass is 510 g/mol. The van der Waals surface area contributed by atoms with Crippen molar-refractivity contribution in [1.29, 1.82) is 0 Å². The molecule has 0 radical (unpaired) electrons. The number of carbonyl (C=O) groups is 3. The van der Waals surface area contributed by atoms with Crippen molar-refractivity contribution >= 4 is 29.5 Å². The van der Waals surface area contributed by atoms with Crippen LogP contribution in [0.2, 0.25) is 0 Å². The minimum atomic E-state index is -0.965. The zero-order valence-corrected chi connectivity index (χ0v) is 21.4. The van der Waals surface area contributed by atoms with E-state index in [4.69, 9.17) is 9.47 Å². The van der Waals surface area contributed by atoms with Gasteiger partial charge in [-0.1, -0.05) is 18.2 Å². The zero-order valence-electron chi connectivity index (χ0n) is 21.4. The lowest BCUT2D eigenvalue weighted by Crippen LogP contribution is -2.41. The molecule has 2 aromatic rings. The smallest absolute Gasteiger partial charge is 0.413 e. The van der Waals surface area contributed by atoms with Crippen LogP contribution in [-0.2, 0) is 27.2 Å². The van der Waals surface area contributed by atoms with Crippen molar-refractivity contribution < 1.29 is 29.0 Å². The van der Waals surface area contributed by atoms with Gasteiger partial charge < -0.3 is 19.5 Å². The van der Waals surface area contributed by atoms with Crippen LogP contribution in [-0.4, -0.2) is 79.9 Å². The first-order chi connectivity index (χ1) is 17.9. The number of fused-ring (bicyclic) bond motifs is 1. The molecule has 1 atom stereocenters. The molecule has 0 aliphatic carbocycles. The standard InChI is InChI=1S/C27H34N4O6/c1-36-23-10-4-3-9-22(23)31(18-24(32)37-2)26(33)20-13-16-29(17-20)14-6-8-21-12-11-19-7-5-15-30(27(34)35)25(19)28-21/h3-4,9-12,20H,5-8,13-18H2,1-2H3,(H,34,35)/t20-/m0/s1. The lowest BCUT2D eigenvalue weighted by atomic mass is 10.0. The summed E-state index contributed by atoms with van der Waals surface area (Å²) in [5, 5.41) is 9.48. The van der Waals surface area contributed by atoms with Crippen molar-refractivity contribution in [1.82, 2.24) is 9.88 Å². The van der Waals surface area contributed by atoms with E-state index in [1.165, 1.54) is 24.0 Å². The molecular formula is C27H34N4O6. The lowest BCUT2D eigenvalue weighted by Gasteiger charge is -2.26. The fourth-order valence-electron chi connectivity index (χ4n) is 5.07. The van der Waals surface area contributed by atoms with Gasteiger partial charge in [-0.3, -0.25) is 19.4 Å². The Morgan fingerprint density at radius 1 is 1.14 bits per heavy atom. The summed E-state index contributed by atoms with van der Waals surface area (Å²) in [6.07, 6.45) is 2.97. The number of nitrogens with zero attached hydrogens (tertiary/aromatic N) is 4. The Bertz CT molecular complexity index is 1140. The number of rotatable bonds is 9. The van der Waals surface area contributed by atoms with E-state index in [1.807, 2.05) is 18.2 Å². The number of pyridine rings is 1. The van der Waals surface area contributed by atoms with E-state index in [2.05, 4.69) is 9.88 Å². The minimum absolute atomic E-state index is 0.123. The average Bonchev–Trinajstić information content (AvgIpc) is 3.39. The summed E-state index contributed by atoms with van der Waals surface area (Å²) in [7, 11) is 2.84. The van der Waals surface area contributed by atoms with E-state index in [1.54, 1.807) is 18.2 Å². The largest absolute Gasteiger partial charge is 0.495 e. The van der Waals surface area contributed by atoms with E-state index in [0.717, 1.165) is 50.0 Å². The van der Waals surface area contributed by atoms with Gasteiger partial charge in [-0.2, -0.15) is 0 Å². The molecule has 10 heteroatoms. The Labute approximate surface area is 216 Å². The maximum atomic E-state index is 13.5. The Balaban J connectivity index is 1.35. The molecule has 1 aromatic carbocycles. The second kappa shape index (κ2) is 12.1. The molecule has 0 unspecified atom stereocenters. The molecule has 1 N–H and O–H groups in total. The maximum Gasteiger partial charge on any atom is 0.413 e. The Morgan fingerprint density at radius 2 is 1.95 bits per heavy atom. The summed E-state index contributed by atoms with van der Waals surface area (Å²) in [4.78, 5) is 46.9. The summed E-state index contributed by atoms with van der Waals surface area (Å²) in [6.45, 7) is 2.50. The van der Waals surface area contributed by atoms with Gasteiger partial charge in [-0.25, -0.2) is 9.78 Å². The number of carboxylic acid groups (broad SMARTS) is 1. The molecule has 2 amide bonds. The molecule has 37 heavy (non-hydrogen) atoms. The average molecular weight is 511 g/mol. The van der Waals surface area contributed by atoms with E-state index >= 15 is 0 Å². The number of likely N-dealkylation sites (tertiary alicyclic amines) is 1. The Hall–Kier alpha value is -3.66. The van der Waals surface area contributed by atoms with Crippen LogP contribution in [0.15, 0.2) is 36.4 Å². The summed E-state index contributed by atoms with van der Waals surface area (Å²) >= 11 is 0. The third-order valence-electron chi connectivity index (χ3n) is 7.01. The molecule has 4 rings (SSSR count). The van der Waals surface area contributed by atoms with Crippen molar-refractivity contribution in [3.8, 4) is 5.75 Å². The number of anilines is 2. The SMILES string of the molecule is COC(=O)CN(C(=O)[C@H]1CCN(CCCc2ccc3c(n2)N(C(=O)O)CCC3)C1)c1ccccc1OC. The van der Waals surface area contributed by atoms with Crippen LogP contribution in [0.25, 0.3) is 0 Å². The van der Waals surface area contributed by atoms with Crippen molar-refractivity contribution in [2.45, 2.75) is 32.1 Å². The molecule has 198 valence electrons. The highest BCUT2D eigenvalue weighted by atomic mass is 16.5. The first-order valence-corrected chi connectivity index (χ1v) is 12.6. The lowest BCUT2D eigenvalue weighted by molar-refractivity contribution is -0.140. The number of aryl methyl sites for hydroxylation is 2. The molecule has 1 aromatic heterocycles. The highest BCUT2D eigenvalue weighted by molar-refractivity contribution is 6.00. The molecule has 0 spiro atoms. The number of hydrogen-bond acceptors (Lipinski definition) is 7. The fourth-order valence-corrected chi connectivity index (χ4v) is 5.07. The Morgan fingerprint density at radius 3 is 2.70 bits per heavy atom. The van der Waals surface area contributed by atoms with E-state index < -0.39 is 12.1 Å². The molecule has 0 bridgehead atoms. The van der Waals surface area contributed by atoms with E-state index in [0.29, 0.717) is 36.8 Å². The van der Waals surface area contributed by atoms with Gasteiger partial charge >= 0.3 is 12.1 Å². The molecule has 2 aliphatic heterocycles. The van der Waals surface area contributed by atoms with Crippen molar-refractivity contribution in [3.63, 3.8) is 0 Å². The highest BCUT2D eigenvalue weighted by Gasteiger charge is 2.34. The number of methoxy groups -OCH3 is 2. The number of ether oxygens (including phenoxy) is 2. The van der Waals surface area contributed by atoms with Crippen LogP contribution in [0.1, 0.15) is 30.5 Å². The molecule has 10 nitrogen and oxygen atoms in total. The molecule has 0 saturated carbocycles. The van der Waals surface area contributed by atoms with Gasteiger partial charge in [-0.15, -0.1) is 0 Å². The third-order valence-corrected chi connectivity index (χ3v) is 7.01. The zero-order chi connectivity index (χ0) is 26.4.